The second-order valence-electron chi connectivity index (χ2n) is 6.41. The Labute approximate surface area is 170 Å². The van der Waals surface area contributed by atoms with E-state index in [2.05, 4.69) is 5.32 Å². The third kappa shape index (κ3) is 4.75. The highest BCUT2D eigenvalue weighted by atomic mass is 32.2. The maximum Gasteiger partial charge on any atom is 0.264 e. The Kier molecular flexibility index (Phi) is 6.19. The first-order valence-corrected chi connectivity index (χ1v) is 10.4. The third-order valence-corrected chi connectivity index (χ3v) is 6.05. The van der Waals surface area contributed by atoms with Gasteiger partial charge in [-0.1, -0.05) is 42.5 Å². The molecule has 0 fully saturated rings. The molecule has 3 aromatic carbocycles. The molecule has 0 atom stereocenters. The van der Waals surface area contributed by atoms with Gasteiger partial charge in [0.25, 0.3) is 10.0 Å². The number of rotatable bonds is 7. The lowest BCUT2D eigenvalue weighted by Crippen LogP contribution is -2.38. The zero-order valence-corrected chi connectivity index (χ0v) is 17.0. The molecule has 0 saturated carbocycles. The minimum absolute atomic E-state index is 0.0927. The van der Waals surface area contributed by atoms with Gasteiger partial charge in [-0.25, -0.2) is 8.42 Å². The van der Waals surface area contributed by atoms with Crippen LogP contribution in [0.4, 0.5) is 11.4 Å². The van der Waals surface area contributed by atoms with E-state index in [0.29, 0.717) is 17.1 Å². The summed E-state index contributed by atoms with van der Waals surface area (Å²) in [7, 11) is -2.53. The standard InChI is InChI=1S/C22H22N2O4S/c1-17-13-14-20(21(15-17)28-2)24(29(26,27)19-11-7-4-8-12-19)16-22(25)23-18-9-5-3-6-10-18/h3-15H,16H2,1-2H3,(H,23,25). The number of carbonyl (C=O) groups excluding carboxylic acids is 1. The molecule has 0 aliphatic carbocycles. The predicted molar refractivity (Wildman–Crippen MR) is 114 cm³/mol. The molecular formula is C22H22N2O4S. The van der Waals surface area contributed by atoms with Gasteiger partial charge in [-0.15, -0.1) is 0 Å². The van der Waals surface area contributed by atoms with Gasteiger partial charge >= 0.3 is 0 Å². The second-order valence-corrected chi connectivity index (χ2v) is 8.28. The Bertz CT molecular complexity index is 1080. The minimum Gasteiger partial charge on any atom is -0.495 e. The van der Waals surface area contributed by atoms with Gasteiger partial charge in [0.2, 0.25) is 5.91 Å². The minimum atomic E-state index is -3.99. The van der Waals surface area contributed by atoms with Crippen molar-refractivity contribution in [2.75, 3.05) is 23.3 Å². The summed E-state index contributed by atoms with van der Waals surface area (Å²) in [6, 6.07) is 22.0. The van der Waals surface area contributed by atoms with Gasteiger partial charge < -0.3 is 10.1 Å². The van der Waals surface area contributed by atoms with Crippen LogP contribution in [0.1, 0.15) is 5.56 Å². The number of nitrogens with one attached hydrogen (secondary N) is 1. The normalized spacial score (nSPS) is 11.0. The van der Waals surface area contributed by atoms with Gasteiger partial charge in [-0.3, -0.25) is 9.10 Å². The van der Waals surface area contributed by atoms with Gasteiger partial charge in [0, 0.05) is 5.69 Å². The number of methoxy groups -OCH3 is 1. The number of anilines is 2. The summed E-state index contributed by atoms with van der Waals surface area (Å²) in [6.45, 7) is 1.48. The summed E-state index contributed by atoms with van der Waals surface area (Å²) in [5.41, 5.74) is 1.80. The molecule has 7 heteroatoms. The highest BCUT2D eigenvalue weighted by Crippen LogP contribution is 2.33. The van der Waals surface area contributed by atoms with Crippen LogP contribution in [0.2, 0.25) is 0 Å². The summed E-state index contributed by atoms with van der Waals surface area (Å²) in [4.78, 5) is 12.8. The Morgan fingerprint density at radius 1 is 0.966 bits per heavy atom. The van der Waals surface area contributed by atoms with Crippen LogP contribution in [-0.2, 0) is 14.8 Å². The van der Waals surface area contributed by atoms with Crippen molar-refractivity contribution in [3.8, 4) is 5.75 Å². The first-order chi connectivity index (χ1) is 13.9. The summed E-state index contributed by atoms with van der Waals surface area (Å²) in [6.07, 6.45) is 0. The molecule has 1 N–H and O–H groups in total. The number of hydrogen-bond acceptors (Lipinski definition) is 4. The highest BCUT2D eigenvalue weighted by Gasteiger charge is 2.29. The van der Waals surface area contributed by atoms with Crippen molar-refractivity contribution in [2.24, 2.45) is 0 Å². The van der Waals surface area contributed by atoms with E-state index in [1.54, 1.807) is 60.7 Å². The lowest BCUT2D eigenvalue weighted by atomic mass is 10.2. The topological polar surface area (TPSA) is 75.7 Å². The number of nitrogens with zero attached hydrogens (tertiary/aromatic N) is 1. The summed E-state index contributed by atoms with van der Waals surface area (Å²) in [5, 5.41) is 2.73. The number of hydrogen-bond donors (Lipinski definition) is 1. The molecule has 3 rings (SSSR count). The molecule has 0 radical (unpaired) electrons. The molecule has 3 aromatic rings. The number of ether oxygens (including phenoxy) is 1. The molecule has 6 nitrogen and oxygen atoms in total. The van der Waals surface area contributed by atoms with Gasteiger partial charge in [-0.05, 0) is 48.9 Å². The molecule has 0 heterocycles. The molecular weight excluding hydrogens is 388 g/mol. The van der Waals surface area contributed by atoms with Crippen LogP contribution in [0.3, 0.4) is 0 Å². The average molecular weight is 410 g/mol. The van der Waals surface area contributed by atoms with Crippen LogP contribution < -0.4 is 14.4 Å². The monoisotopic (exact) mass is 410 g/mol. The fourth-order valence-corrected chi connectivity index (χ4v) is 4.32. The van der Waals surface area contributed by atoms with E-state index in [9.17, 15) is 13.2 Å². The highest BCUT2D eigenvalue weighted by molar-refractivity contribution is 7.92. The molecule has 0 aromatic heterocycles. The second kappa shape index (κ2) is 8.79. The van der Waals surface area contributed by atoms with Crippen molar-refractivity contribution in [3.05, 3.63) is 84.4 Å². The Balaban J connectivity index is 2.01. The molecule has 150 valence electrons. The smallest absolute Gasteiger partial charge is 0.264 e. The van der Waals surface area contributed by atoms with E-state index >= 15 is 0 Å². The largest absolute Gasteiger partial charge is 0.495 e. The van der Waals surface area contributed by atoms with Gasteiger partial charge in [0.05, 0.1) is 17.7 Å². The zero-order chi connectivity index (χ0) is 20.9. The average Bonchev–Trinajstić information content (AvgIpc) is 2.73. The Morgan fingerprint density at radius 2 is 1.59 bits per heavy atom. The third-order valence-electron chi connectivity index (χ3n) is 4.28. The fraction of sp³-hybridized carbons (Fsp3) is 0.136. The van der Waals surface area contributed by atoms with E-state index in [0.717, 1.165) is 9.87 Å². The van der Waals surface area contributed by atoms with Gasteiger partial charge in [0.15, 0.2) is 0 Å². The molecule has 0 aliphatic heterocycles. The Morgan fingerprint density at radius 3 is 2.21 bits per heavy atom. The van der Waals surface area contributed by atoms with Crippen molar-refractivity contribution >= 4 is 27.3 Å². The van der Waals surface area contributed by atoms with E-state index < -0.39 is 22.5 Å². The maximum atomic E-state index is 13.4. The number of carbonyl (C=O) groups is 1. The molecule has 0 unspecified atom stereocenters. The molecule has 0 saturated heterocycles. The Hall–Kier alpha value is -3.32. The van der Waals surface area contributed by atoms with E-state index in [-0.39, 0.29) is 4.90 Å². The number of benzene rings is 3. The van der Waals surface area contributed by atoms with Crippen molar-refractivity contribution in [3.63, 3.8) is 0 Å². The number of aryl methyl sites for hydroxylation is 1. The molecule has 29 heavy (non-hydrogen) atoms. The van der Waals surface area contributed by atoms with E-state index in [1.165, 1.54) is 19.2 Å². The zero-order valence-electron chi connectivity index (χ0n) is 16.2. The SMILES string of the molecule is COc1cc(C)ccc1N(CC(=O)Nc1ccccc1)S(=O)(=O)c1ccccc1. The van der Waals surface area contributed by atoms with Crippen LogP contribution in [0.15, 0.2) is 83.8 Å². The summed E-state index contributed by atoms with van der Waals surface area (Å²) >= 11 is 0. The van der Waals surface area contributed by atoms with Crippen LogP contribution in [0, 0.1) is 6.92 Å². The molecule has 0 spiro atoms. The lowest BCUT2D eigenvalue weighted by Gasteiger charge is -2.26. The lowest BCUT2D eigenvalue weighted by molar-refractivity contribution is -0.114. The van der Waals surface area contributed by atoms with Gasteiger partial charge in [0.1, 0.15) is 12.3 Å². The van der Waals surface area contributed by atoms with Crippen LogP contribution in [0.25, 0.3) is 0 Å². The van der Waals surface area contributed by atoms with Crippen molar-refractivity contribution < 1.29 is 17.9 Å². The number of para-hydroxylation sites is 1. The van der Waals surface area contributed by atoms with E-state index in [4.69, 9.17) is 4.74 Å². The van der Waals surface area contributed by atoms with E-state index in [1.807, 2.05) is 13.0 Å². The van der Waals surface area contributed by atoms with Gasteiger partial charge in [-0.2, -0.15) is 0 Å². The fourth-order valence-electron chi connectivity index (χ4n) is 2.86. The maximum absolute atomic E-state index is 13.4. The van der Waals surface area contributed by atoms with Crippen molar-refractivity contribution in [2.45, 2.75) is 11.8 Å². The molecule has 0 aliphatic rings. The number of sulfonamides is 1. The van der Waals surface area contributed by atoms with Crippen molar-refractivity contribution in [1.29, 1.82) is 0 Å². The summed E-state index contributed by atoms with van der Waals surface area (Å²) < 4.78 is 33.2. The first-order valence-electron chi connectivity index (χ1n) is 8.99. The molecule has 1 amide bonds. The first kappa shape index (κ1) is 20.4. The predicted octanol–water partition coefficient (Wildman–Crippen LogP) is 3.84. The van der Waals surface area contributed by atoms with Crippen LogP contribution in [-0.4, -0.2) is 28.0 Å². The molecule has 0 bridgehead atoms. The van der Waals surface area contributed by atoms with Crippen molar-refractivity contribution in [1.82, 2.24) is 0 Å². The van der Waals surface area contributed by atoms with Crippen LogP contribution >= 0.6 is 0 Å². The summed E-state index contributed by atoms with van der Waals surface area (Å²) in [5.74, 6) is -0.0876. The number of amides is 1. The van der Waals surface area contributed by atoms with Crippen LogP contribution in [0.5, 0.6) is 5.75 Å². The quantitative estimate of drug-likeness (QED) is 0.642.